The first-order valence-corrected chi connectivity index (χ1v) is 9.39. The normalized spacial score (nSPS) is 19.0. The van der Waals surface area contributed by atoms with E-state index in [2.05, 4.69) is 24.8 Å². The number of nitrogens with one attached hydrogen (secondary N) is 2. The summed E-state index contributed by atoms with van der Waals surface area (Å²) in [6, 6.07) is 2.08. The van der Waals surface area contributed by atoms with Crippen molar-refractivity contribution >= 4 is 10.0 Å². The van der Waals surface area contributed by atoms with Crippen LogP contribution in [-0.4, -0.2) is 51.9 Å². The highest BCUT2D eigenvalue weighted by molar-refractivity contribution is 7.88. The Labute approximate surface area is 136 Å². The number of hydrogen-bond acceptors (Lipinski definition) is 5. The third kappa shape index (κ3) is 3.80. The first-order valence-electron chi connectivity index (χ1n) is 7.50. The van der Waals surface area contributed by atoms with Crippen LogP contribution in [0.1, 0.15) is 22.8 Å². The van der Waals surface area contributed by atoms with Gasteiger partial charge in [0.25, 0.3) is 0 Å². The van der Waals surface area contributed by atoms with Gasteiger partial charge in [-0.25, -0.2) is 18.1 Å². The predicted octanol–water partition coefficient (Wildman–Crippen LogP) is -0.0723. The number of hydrogen-bond donors (Lipinski definition) is 2. The molecule has 0 saturated heterocycles. The molecule has 0 radical (unpaired) electrons. The van der Waals surface area contributed by atoms with Crippen molar-refractivity contribution in [3.63, 3.8) is 0 Å². The van der Waals surface area contributed by atoms with Gasteiger partial charge >= 0.3 is 0 Å². The lowest BCUT2D eigenvalue weighted by molar-refractivity contribution is 0.157. The standard InChI is InChI=1S/C14H22N6O2S/c1-10-4-11(18-17-10)7-20-8-13-14(19(2)9-15-13)5-12(20)6-16-23(3,21)22/h4,9,12,16H,5-8H2,1-3H3,(H,17,18)/t12-/m0/s1. The van der Waals surface area contributed by atoms with Gasteiger partial charge in [0.15, 0.2) is 0 Å². The lowest BCUT2D eigenvalue weighted by Gasteiger charge is -2.35. The van der Waals surface area contributed by atoms with Crippen molar-refractivity contribution < 1.29 is 8.42 Å². The van der Waals surface area contributed by atoms with E-state index in [1.165, 1.54) is 11.9 Å². The van der Waals surface area contributed by atoms with Crippen LogP contribution in [0, 0.1) is 6.92 Å². The van der Waals surface area contributed by atoms with E-state index >= 15 is 0 Å². The number of rotatable bonds is 5. The van der Waals surface area contributed by atoms with Gasteiger partial charge in [0.1, 0.15) is 0 Å². The van der Waals surface area contributed by atoms with Crippen LogP contribution in [0.3, 0.4) is 0 Å². The Morgan fingerprint density at radius 2 is 2.26 bits per heavy atom. The van der Waals surface area contributed by atoms with Gasteiger partial charge in [0.05, 0.1) is 24.0 Å². The van der Waals surface area contributed by atoms with Crippen molar-refractivity contribution in [2.45, 2.75) is 32.5 Å². The minimum Gasteiger partial charge on any atom is -0.337 e. The highest BCUT2D eigenvalue weighted by atomic mass is 32.2. The summed E-state index contributed by atoms with van der Waals surface area (Å²) in [5.74, 6) is 0. The summed E-state index contributed by atoms with van der Waals surface area (Å²) in [6.07, 6.45) is 3.76. The molecule has 126 valence electrons. The van der Waals surface area contributed by atoms with E-state index in [0.717, 1.165) is 23.5 Å². The summed E-state index contributed by atoms with van der Waals surface area (Å²) < 4.78 is 27.5. The second kappa shape index (κ2) is 6.06. The minimum absolute atomic E-state index is 0.0737. The number of imidazole rings is 1. The summed E-state index contributed by atoms with van der Waals surface area (Å²) in [7, 11) is -1.24. The van der Waals surface area contributed by atoms with Gasteiger partial charge < -0.3 is 4.57 Å². The zero-order chi connectivity index (χ0) is 16.6. The van der Waals surface area contributed by atoms with Gasteiger partial charge in [-0.2, -0.15) is 5.10 Å². The molecule has 0 amide bonds. The number of nitrogens with zero attached hydrogens (tertiary/aromatic N) is 4. The molecule has 1 aliphatic rings. The van der Waals surface area contributed by atoms with Crippen molar-refractivity contribution in [2.24, 2.45) is 7.05 Å². The van der Waals surface area contributed by atoms with Gasteiger partial charge in [0.2, 0.25) is 10.0 Å². The smallest absolute Gasteiger partial charge is 0.208 e. The van der Waals surface area contributed by atoms with Crippen LogP contribution in [0.25, 0.3) is 0 Å². The number of aryl methyl sites for hydroxylation is 2. The van der Waals surface area contributed by atoms with E-state index in [1.54, 1.807) is 0 Å². The third-order valence-electron chi connectivity index (χ3n) is 4.15. The zero-order valence-corrected chi connectivity index (χ0v) is 14.4. The van der Waals surface area contributed by atoms with Crippen molar-refractivity contribution in [1.29, 1.82) is 0 Å². The number of H-pyrrole nitrogens is 1. The summed E-state index contributed by atoms with van der Waals surface area (Å²) in [6.45, 7) is 3.70. The van der Waals surface area contributed by atoms with Crippen LogP contribution in [0.4, 0.5) is 0 Å². The van der Waals surface area contributed by atoms with Crippen LogP contribution >= 0.6 is 0 Å². The molecule has 0 aliphatic carbocycles. The summed E-state index contributed by atoms with van der Waals surface area (Å²) in [4.78, 5) is 6.68. The maximum atomic E-state index is 11.4. The monoisotopic (exact) mass is 338 g/mol. The number of aromatic nitrogens is 4. The van der Waals surface area contributed by atoms with Crippen molar-refractivity contribution in [2.75, 3.05) is 12.8 Å². The first-order chi connectivity index (χ1) is 10.8. The van der Waals surface area contributed by atoms with E-state index in [4.69, 9.17) is 0 Å². The molecule has 0 spiro atoms. The molecule has 2 aromatic rings. The van der Waals surface area contributed by atoms with E-state index in [1.807, 2.05) is 30.9 Å². The van der Waals surface area contributed by atoms with Gasteiger partial charge in [0, 0.05) is 50.5 Å². The summed E-state index contributed by atoms with van der Waals surface area (Å²) in [5.41, 5.74) is 4.18. The van der Waals surface area contributed by atoms with Gasteiger partial charge in [-0.3, -0.25) is 10.00 Å². The maximum absolute atomic E-state index is 11.4. The predicted molar refractivity (Wildman–Crippen MR) is 86.1 cm³/mol. The molecule has 0 fully saturated rings. The molecular weight excluding hydrogens is 316 g/mol. The molecule has 0 saturated carbocycles. The molecule has 3 heterocycles. The second-order valence-corrected chi connectivity index (χ2v) is 8.01. The lowest BCUT2D eigenvalue weighted by atomic mass is 10.0. The van der Waals surface area contributed by atoms with Crippen LogP contribution in [0.2, 0.25) is 0 Å². The third-order valence-corrected chi connectivity index (χ3v) is 4.84. The summed E-state index contributed by atoms with van der Waals surface area (Å²) in [5, 5.41) is 7.23. The highest BCUT2D eigenvalue weighted by Gasteiger charge is 2.29. The van der Waals surface area contributed by atoms with E-state index in [9.17, 15) is 8.42 Å². The molecule has 1 aliphatic heterocycles. The van der Waals surface area contributed by atoms with Crippen LogP contribution in [-0.2, 0) is 36.6 Å². The fourth-order valence-corrected chi connectivity index (χ4v) is 3.46. The molecule has 8 nitrogen and oxygen atoms in total. The SMILES string of the molecule is Cc1cc(CN2Cc3ncn(C)c3C[C@H]2CNS(C)(=O)=O)n[nH]1. The van der Waals surface area contributed by atoms with E-state index in [0.29, 0.717) is 19.6 Å². The molecule has 0 unspecified atom stereocenters. The van der Waals surface area contributed by atoms with E-state index in [-0.39, 0.29) is 6.04 Å². The number of sulfonamides is 1. The largest absolute Gasteiger partial charge is 0.337 e. The molecule has 9 heteroatoms. The Morgan fingerprint density at radius 3 is 2.91 bits per heavy atom. The highest BCUT2D eigenvalue weighted by Crippen LogP contribution is 2.23. The van der Waals surface area contributed by atoms with Crippen molar-refractivity contribution in [1.82, 2.24) is 29.4 Å². The van der Waals surface area contributed by atoms with Crippen molar-refractivity contribution in [3.8, 4) is 0 Å². The average molecular weight is 338 g/mol. The quantitative estimate of drug-likeness (QED) is 0.795. The minimum atomic E-state index is -3.21. The Morgan fingerprint density at radius 1 is 1.48 bits per heavy atom. The molecule has 23 heavy (non-hydrogen) atoms. The zero-order valence-electron chi connectivity index (χ0n) is 13.6. The summed E-state index contributed by atoms with van der Waals surface area (Å²) >= 11 is 0. The lowest BCUT2D eigenvalue weighted by Crippen LogP contribution is -2.47. The van der Waals surface area contributed by atoms with Gasteiger partial charge in [-0.15, -0.1) is 0 Å². The number of fused-ring (bicyclic) bond motifs is 1. The number of aromatic amines is 1. The van der Waals surface area contributed by atoms with Crippen molar-refractivity contribution in [3.05, 3.63) is 35.2 Å². The maximum Gasteiger partial charge on any atom is 0.208 e. The van der Waals surface area contributed by atoms with Crippen LogP contribution < -0.4 is 4.72 Å². The fraction of sp³-hybridized carbons (Fsp3) is 0.571. The average Bonchev–Trinajstić information content (AvgIpc) is 3.02. The molecule has 0 bridgehead atoms. The second-order valence-electron chi connectivity index (χ2n) is 6.17. The Bertz CT molecular complexity index is 794. The molecular formula is C14H22N6O2S. The Kier molecular flexibility index (Phi) is 4.26. The molecule has 3 rings (SSSR count). The fourth-order valence-electron chi connectivity index (χ4n) is 2.97. The van der Waals surface area contributed by atoms with Crippen LogP contribution in [0.5, 0.6) is 0 Å². The van der Waals surface area contributed by atoms with Crippen LogP contribution in [0.15, 0.2) is 12.4 Å². The van der Waals surface area contributed by atoms with Gasteiger partial charge in [-0.1, -0.05) is 0 Å². The Balaban J connectivity index is 1.80. The first kappa shape index (κ1) is 16.2. The molecule has 1 atom stereocenters. The van der Waals surface area contributed by atoms with Gasteiger partial charge in [-0.05, 0) is 13.0 Å². The van der Waals surface area contributed by atoms with E-state index < -0.39 is 10.0 Å². The topological polar surface area (TPSA) is 95.9 Å². The molecule has 2 aromatic heterocycles. The Hall–Kier alpha value is -1.71. The molecule has 0 aromatic carbocycles. The molecule has 2 N–H and O–H groups in total.